The van der Waals surface area contributed by atoms with Crippen molar-refractivity contribution in [3.63, 3.8) is 0 Å². The highest BCUT2D eigenvalue weighted by Crippen LogP contribution is 2.33. The van der Waals surface area contributed by atoms with E-state index in [-0.39, 0.29) is 41.2 Å². The van der Waals surface area contributed by atoms with Crippen LogP contribution in [0.1, 0.15) is 30.3 Å². The first kappa shape index (κ1) is 24.9. The Morgan fingerprint density at radius 1 is 0.971 bits per heavy atom. The number of ether oxygens (including phenoxy) is 1. The van der Waals surface area contributed by atoms with Gasteiger partial charge in [-0.3, -0.25) is 4.98 Å². The van der Waals surface area contributed by atoms with Gasteiger partial charge in [0, 0.05) is 30.8 Å². The van der Waals surface area contributed by atoms with E-state index in [0.29, 0.717) is 12.8 Å². The summed E-state index contributed by atoms with van der Waals surface area (Å²) in [5.74, 6) is -0.554. The number of hydrogen-bond acceptors (Lipinski definition) is 7. The van der Waals surface area contributed by atoms with Gasteiger partial charge in [0.15, 0.2) is 0 Å². The summed E-state index contributed by atoms with van der Waals surface area (Å²) in [4.78, 5) is 7.38. The van der Waals surface area contributed by atoms with Gasteiger partial charge >= 0.3 is 12.5 Å². The number of benzene rings is 1. The fourth-order valence-corrected chi connectivity index (χ4v) is 4.99. The summed E-state index contributed by atoms with van der Waals surface area (Å²) in [7, 11) is -3.95. The van der Waals surface area contributed by atoms with Gasteiger partial charge in [0.05, 0.1) is 4.90 Å². The maximum absolute atomic E-state index is 12.8. The summed E-state index contributed by atoms with van der Waals surface area (Å²) in [6.07, 6.45) is -7.84. The van der Waals surface area contributed by atoms with Crippen molar-refractivity contribution < 1.29 is 44.0 Å². The van der Waals surface area contributed by atoms with Gasteiger partial charge in [0.1, 0.15) is 11.4 Å². The molecule has 0 amide bonds. The maximum atomic E-state index is 12.8. The summed E-state index contributed by atoms with van der Waals surface area (Å²) >= 11 is 0. The summed E-state index contributed by atoms with van der Waals surface area (Å²) in [5.41, 5.74) is -0.827. The van der Waals surface area contributed by atoms with Crippen LogP contribution in [0.3, 0.4) is 0 Å². The van der Waals surface area contributed by atoms with Crippen LogP contribution in [-0.2, 0) is 16.2 Å². The largest absolute Gasteiger partial charge is 0.573 e. The van der Waals surface area contributed by atoms with Crippen LogP contribution in [0.2, 0.25) is 0 Å². The zero-order valence-corrected chi connectivity index (χ0v) is 18.4. The summed E-state index contributed by atoms with van der Waals surface area (Å²) in [6.45, 7) is 0.181. The number of hydrogen-bond donors (Lipinski definition) is 0. The van der Waals surface area contributed by atoms with Crippen LogP contribution < -0.4 is 4.74 Å². The van der Waals surface area contributed by atoms with Gasteiger partial charge in [-0.15, -0.1) is 13.2 Å². The molecule has 188 valence electrons. The van der Waals surface area contributed by atoms with Crippen molar-refractivity contribution in [2.45, 2.75) is 36.2 Å². The quantitative estimate of drug-likeness (QED) is 0.451. The smallest absolute Gasteiger partial charge is 0.406 e. The SMILES string of the molecule is O=S(=O)(c1ccc(OC(F)(F)F)cc1)N1CCC(c2nc(-c3ccc(C(F)(F)F)nc3)no2)CC1. The number of halogens is 6. The maximum Gasteiger partial charge on any atom is 0.573 e. The molecule has 0 radical (unpaired) electrons. The normalized spacial score (nSPS) is 16.4. The first-order valence-corrected chi connectivity index (χ1v) is 11.5. The molecule has 1 fully saturated rings. The Morgan fingerprint density at radius 2 is 1.63 bits per heavy atom. The number of pyridine rings is 1. The third-order valence-corrected chi connectivity index (χ3v) is 7.16. The summed E-state index contributed by atoms with van der Waals surface area (Å²) in [5, 5.41) is 3.77. The molecule has 15 heteroatoms. The Balaban J connectivity index is 1.39. The molecule has 2 aromatic heterocycles. The molecular formula is C20H16F6N4O4S. The van der Waals surface area contributed by atoms with Crippen molar-refractivity contribution in [1.82, 2.24) is 19.4 Å². The molecule has 0 unspecified atom stereocenters. The number of nitrogens with zero attached hydrogens (tertiary/aromatic N) is 4. The molecule has 8 nitrogen and oxygen atoms in total. The number of alkyl halides is 6. The highest BCUT2D eigenvalue weighted by atomic mass is 32.2. The lowest BCUT2D eigenvalue weighted by Crippen LogP contribution is -2.37. The highest BCUT2D eigenvalue weighted by Gasteiger charge is 2.34. The highest BCUT2D eigenvalue weighted by molar-refractivity contribution is 7.89. The monoisotopic (exact) mass is 522 g/mol. The molecule has 3 aromatic rings. The number of piperidine rings is 1. The van der Waals surface area contributed by atoms with Gasteiger partial charge in [-0.25, -0.2) is 8.42 Å². The van der Waals surface area contributed by atoms with E-state index >= 15 is 0 Å². The number of aromatic nitrogens is 3. The minimum Gasteiger partial charge on any atom is -0.406 e. The van der Waals surface area contributed by atoms with Crippen LogP contribution in [0, 0.1) is 0 Å². The Morgan fingerprint density at radius 3 is 2.17 bits per heavy atom. The van der Waals surface area contributed by atoms with Gasteiger partial charge < -0.3 is 9.26 Å². The molecular weight excluding hydrogens is 506 g/mol. The van der Waals surface area contributed by atoms with Crippen molar-refractivity contribution in [3.05, 3.63) is 54.2 Å². The van der Waals surface area contributed by atoms with Crippen molar-refractivity contribution in [2.24, 2.45) is 0 Å². The second kappa shape index (κ2) is 9.11. The molecule has 1 aromatic carbocycles. The topological polar surface area (TPSA) is 98.4 Å². The van der Waals surface area contributed by atoms with E-state index in [1.165, 1.54) is 10.4 Å². The lowest BCUT2D eigenvalue weighted by molar-refractivity contribution is -0.274. The molecule has 1 aliphatic rings. The molecule has 0 N–H and O–H groups in total. The molecule has 0 bridgehead atoms. The van der Waals surface area contributed by atoms with Crippen molar-refractivity contribution in [2.75, 3.05) is 13.1 Å². The zero-order valence-electron chi connectivity index (χ0n) is 17.5. The van der Waals surface area contributed by atoms with E-state index < -0.39 is 34.0 Å². The van der Waals surface area contributed by atoms with E-state index in [4.69, 9.17) is 4.52 Å². The van der Waals surface area contributed by atoms with Crippen LogP contribution in [0.15, 0.2) is 52.0 Å². The van der Waals surface area contributed by atoms with Crippen LogP contribution >= 0.6 is 0 Å². The summed E-state index contributed by atoms with van der Waals surface area (Å²) in [6, 6.07) is 5.88. The van der Waals surface area contributed by atoms with E-state index in [1.54, 1.807) is 0 Å². The van der Waals surface area contributed by atoms with Gasteiger partial charge in [0.2, 0.25) is 21.7 Å². The number of rotatable bonds is 5. The molecule has 0 atom stereocenters. The van der Waals surface area contributed by atoms with Gasteiger partial charge in [-0.1, -0.05) is 5.16 Å². The first-order valence-electron chi connectivity index (χ1n) is 10.1. The molecule has 1 saturated heterocycles. The van der Waals surface area contributed by atoms with Gasteiger partial charge in [-0.2, -0.15) is 22.5 Å². The van der Waals surface area contributed by atoms with Crippen molar-refractivity contribution >= 4 is 10.0 Å². The zero-order chi connectivity index (χ0) is 25.4. The van der Waals surface area contributed by atoms with Crippen LogP contribution in [0.25, 0.3) is 11.4 Å². The van der Waals surface area contributed by atoms with Crippen LogP contribution in [0.4, 0.5) is 26.3 Å². The Labute approximate surface area is 194 Å². The molecule has 4 rings (SSSR count). The Bertz CT molecular complexity index is 1270. The minimum absolute atomic E-state index is 0.0532. The fraction of sp³-hybridized carbons (Fsp3) is 0.350. The van der Waals surface area contributed by atoms with E-state index in [9.17, 15) is 34.8 Å². The van der Waals surface area contributed by atoms with Crippen LogP contribution in [-0.4, -0.2) is 47.3 Å². The molecule has 0 spiro atoms. The fourth-order valence-electron chi connectivity index (χ4n) is 3.52. The molecule has 3 heterocycles. The van der Waals surface area contributed by atoms with E-state index in [0.717, 1.165) is 36.5 Å². The lowest BCUT2D eigenvalue weighted by atomic mass is 9.98. The van der Waals surface area contributed by atoms with Gasteiger partial charge in [-0.05, 0) is 49.2 Å². The van der Waals surface area contributed by atoms with Gasteiger partial charge in [0.25, 0.3) is 0 Å². The molecule has 1 aliphatic heterocycles. The predicted molar refractivity (Wildman–Crippen MR) is 106 cm³/mol. The molecule has 0 saturated carbocycles. The molecule has 0 aliphatic carbocycles. The standard InChI is InChI=1S/C20H16F6N4O4S/c21-19(22,23)16-6-1-13(11-27-16)17-28-18(34-29-17)12-7-9-30(10-8-12)35(31,32)15-4-2-14(3-5-15)33-20(24,25)26/h1-6,11-12H,7-10H2. The van der Waals surface area contributed by atoms with E-state index in [1.807, 2.05) is 0 Å². The molecule has 35 heavy (non-hydrogen) atoms. The Kier molecular flexibility index (Phi) is 6.48. The average molecular weight is 522 g/mol. The lowest BCUT2D eigenvalue weighted by Gasteiger charge is -2.29. The average Bonchev–Trinajstić information content (AvgIpc) is 3.28. The second-order valence-corrected chi connectivity index (χ2v) is 9.52. The first-order chi connectivity index (χ1) is 16.3. The minimum atomic E-state index is -4.89. The third-order valence-electron chi connectivity index (χ3n) is 5.25. The van der Waals surface area contributed by atoms with E-state index in [2.05, 4.69) is 19.9 Å². The van der Waals surface area contributed by atoms with Crippen molar-refractivity contribution in [3.8, 4) is 17.1 Å². The predicted octanol–water partition coefficient (Wildman–Crippen LogP) is 4.62. The third kappa shape index (κ3) is 5.73. The Hall–Kier alpha value is -3.20. The van der Waals surface area contributed by atoms with Crippen molar-refractivity contribution in [1.29, 1.82) is 0 Å². The number of sulfonamides is 1. The summed E-state index contributed by atoms with van der Waals surface area (Å²) < 4.78 is 111. The van der Waals surface area contributed by atoms with Crippen LogP contribution in [0.5, 0.6) is 5.75 Å². The second-order valence-electron chi connectivity index (χ2n) is 7.58.